The van der Waals surface area contributed by atoms with Crippen molar-refractivity contribution in [3.8, 4) is 0 Å². The molecule has 0 amide bonds. The first kappa shape index (κ1) is 11.0. The van der Waals surface area contributed by atoms with Crippen LogP contribution < -0.4 is 0 Å². The van der Waals surface area contributed by atoms with Gasteiger partial charge in [-0.3, -0.25) is 0 Å². The SMILES string of the molecule is CCCC1=C2CCCCC2=C(CCC)C1. The molecule has 0 aromatic heterocycles. The average molecular weight is 204 g/mol. The molecule has 0 aliphatic heterocycles. The van der Waals surface area contributed by atoms with Gasteiger partial charge in [0.1, 0.15) is 0 Å². The number of rotatable bonds is 4. The summed E-state index contributed by atoms with van der Waals surface area (Å²) in [5.41, 5.74) is 7.20. The minimum absolute atomic E-state index is 1.32. The van der Waals surface area contributed by atoms with Crippen molar-refractivity contribution in [3.05, 3.63) is 22.3 Å². The molecule has 15 heavy (non-hydrogen) atoms. The molecule has 0 aromatic rings. The van der Waals surface area contributed by atoms with Crippen molar-refractivity contribution >= 4 is 0 Å². The molecule has 0 radical (unpaired) electrons. The zero-order valence-corrected chi connectivity index (χ0v) is 10.4. The third-order valence-corrected chi connectivity index (χ3v) is 3.85. The molecular weight excluding hydrogens is 180 g/mol. The lowest BCUT2D eigenvalue weighted by molar-refractivity contribution is 0.671. The maximum atomic E-state index is 2.31. The Morgan fingerprint density at radius 1 is 0.800 bits per heavy atom. The van der Waals surface area contributed by atoms with Crippen LogP contribution in [0.2, 0.25) is 0 Å². The van der Waals surface area contributed by atoms with Crippen molar-refractivity contribution in [2.45, 2.75) is 71.6 Å². The Bertz CT molecular complexity index is 261. The number of allylic oxidation sites excluding steroid dienone is 4. The van der Waals surface area contributed by atoms with Gasteiger partial charge in [0, 0.05) is 0 Å². The molecule has 0 atom stereocenters. The molecule has 0 heterocycles. The molecule has 2 aliphatic rings. The second kappa shape index (κ2) is 5.01. The van der Waals surface area contributed by atoms with Crippen molar-refractivity contribution in [2.24, 2.45) is 0 Å². The Labute approximate surface area is 94.5 Å². The van der Waals surface area contributed by atoms with Gasteiger partial charge >= 0.3 is 0 Å². The van der Waals surface area contributed by atoms with Gasteiger partial charge in [-0.25, -0.2) is 0 Å². The van der Waals surface area contributed by atoms with Gasteiger partial charge in [0.05, 0.1) is 0 Å². The van der Waals surface area contributed by atoms with Crippen LogP contribution in [0.25, 0.3) is 0 Å². The van der Waals surface area contributed by atoms with Gasteiger partial charge < -0.3 is 0 Å². The first-order valence-corrected chi connectivity index (χ1v) is 6.79. The van der Waals surface area contributed by atoms with E-state index in [9.17, 15) is 0 Å². The zero-order valence-electron chi connectivity index (χ0n) is 10.4. The molecule has 0 nitrogen and oxygen atoms in total. The van der Waals surface area contributed by atoms with Gasteiger partial charge in [-0.05, 0) is 56.1 Å². The maximum Gasteiger partial charge on any atom is -0.00966 e. The van der Waals surface area contributed by atoms with Crippen molar-refractivity contribution in [2.75, 3.05) is 0 Å². The molecule has 2 rings (SSSR count). The summed E-state index contributed by atoms with van der Waals surface area (Å²) >= 11 is 0. The lowest BCUT2D eigenvalue weighted by Crippen LogP contribution is -1.98. The normalized spacial score (nSPS) is 21.2. The van der Waals surface area contributed by atoms with Crippen LogP contribution in [0.1, 0.15) is 71.6 Å². The minimum Gasteiger partial charge on any atom is -0.0651 e. The molecule has 0 heteroatoms. The summed E-state index contributed by atoms with van der Waals surface area (Å²) in [6, 6.07) is 0. The molecule has 0 N–H and O–H groups in total. The summed E-state index contributed by atoms with van der Waals surface area (Å²) < 4.78 is 0. The third-order valence-electron chi connectivity index (χ3n) is 3.85. The van der Waals surface area contributed by atoms with E-state index in [2.05, 4.69) is 13.8 Å². The number of hydrogen-bond acceptors (Lipinski definition) is 0. The molecule has 0 saturated heterocycles. The predicted octanol–water partition coefficient (Wildman–Crippen LogP) is 5.16. The van der Waals surface area contributed by atoms with Crippen molar-refractivity contribution in [1.29, 1.82) is 0 Å². The Morgan fingerprint density at radius 2 is 1.27 bits per heavy atom. The summed E-state index contributed by atoms with van der Waals surface area (Å²) in [6.07, 6.45) is 12.3. The standard InChI is InChI=1S/C15H24/c1-3-7-12-11-13(8-4-2)15-10-6-5-9-14(12)15/h3-11H2,1-2H3. The van der Waals surface area contributed by atoms with Crippen LogP contribution in [0.5, 0.6) is 0 Å². The van der Waals surface area contributed by atoms with Gasteiger partial charge in [0.2, 0.25) is 0 Å². The zero-order chi connectivity index (χ0) is 10.7. The highest BCUT2D eigenvalue weighted by atomic mass is 14.3. The van der Waals surface area contributed by atoms with Crippen molar-refractivity contribution in [3.63, 3.8) is 0 Å². The Morgan fingerprint density at radius 3 is 1.67 bits per heavy atom. The summed E-state index contributed by atoms with van der Waals surface area (Å²) in [7, 11) is 0. The topological polar surface area (TPSA) is 0 Å². The second-order valence-electron chi connectivity index (χ2n) is 5.05. The number of hydrogen-bond donors (Lipinski definition) is 0. The fraction of sp³-hybridized carbons (Fsp3) is 0.733. The molecule has 0 unspecified atom stereocenters. The first-order chi connectivity index (χ1) is 7.36. The molecule has 0 spiro atoms. The van der Waals surface area contributed by atoms with Crippen LogP contribution in [0.15, 0.2) is 22.3 Å². The second-order valence-corrected chi connectivity index (χ2v) is 5.05. The van der Waals surface area contributed by atoms with Crippen LogP contribution >= 0.6 is 0 Å². The Kier molecular flexibility index (Phi) is 3.66. The molecule has 0 bridgehead atoms. The van der Waals surface area contributed by atoms with Crippen molar-refractivity contribution in [1.82, 2.24) is 0 Å². The summed E-state index contributed by atoms with van der Waals surface area (Å²) in [6.45, 7) is 4.63. The van der Waals surface area contributed by atoms with Gasteiger partial charge in [0.25, 0.3) is 0 Å². The molecule has 0 aromatic carbocycles. The molecule has 1 saturated carbocycles. The van der Waals surface area contributed by atoms with E-state index in [1.165, 1.54) is 57.8 Å². The van der Waals surface area contributed by atoms with Gasteiger partial charge in [-0.15, -0.1) is 0 Å². The van der Waals surface area contributed by atoms with Crippen LogP contribution in [0.4, 0.5) is 0 Å². The van der Waals surface area contributed by atoms with E-state index in [1.54, 1.807) is 22.3 Å². The lowest BCUT2D eigenvalue weighted by Gasteiger charge is -2.18. The van der Waals surface area contributed by atoms with E-state index in [4.69, 9.17) is 0 Å². The smallest absolute Gasteiger partial charge is 0.00966 e. The first-order valence-electron chi connectivity index (χ1n) is 6.79. The third kappa shape index (κ3) is 2.19. The van der Waals surface area contributed by atoms with E-state index < -0.39 is 0 Å². The van der Waals surface area contributed by atoms with Gasteiger partial charge in [-0.2, -0.15) is 0 Å². The van der Waals surface area contributed by atoms with E-state index in [0.29, 0.717) is 0 Å². The summed E-state index contributed by atoms with van der Waals surface area (Å²) in [4.78, 5) is 0. The summed E-state index contributed by atoms with van der Waals surface area (Å²) in [5, 5.41) is 0. The van der Waals surface area contributed by atoms with Gasteiger partial charge in [0.15, 0.2) is 0 Å². The Hall–Kier alpha value is -0.520. The summed E-state index contributed by atoms with van der Waals surface area (Å²) in [5.74, 6) is 0. The quantitative estimate of drug-likeness (QED) is 0.593. The maximum absolute atomic E-state index is 2.31. The fourth-order valence-electron chi connectivity index (χ4n) is 3.24. The largest absolute Gasteiger partial charge is 0.0651 e. The van der Waals surface area contributed by atoms with E-state index in [0.717, 1.165) is 0 Å². The van der Waals surface area contributed by atoms with E-state index in [1.807, 2.05) is 0 Å². The average Bonchev–Trinajstić information content (AvgIpc) is 2.59. The molecular formula is C15H24. The Balaban J connectivity index is 2.18. The monoisotopic (exact) mass is 204 g/mol. The molecule has 2 aliphatic carbocycles. The van der Waals surface area contributed by atoms with Crippen LogP contribution in [0, 0.1) is 0 Å². The lowest BCUT2D eigenvalue weighted by atomic mass is 9.88. The number of fused-ring (bicyclic) bond motifs is 1. The minimum atomic E-state index is 1.32. The highest BCUT2D eigenvalue weighted by molar-refractivity contribution is 5.48. The van der Waals surface area contributed by atoms with Gasteiger partial charge in [-0.1, -0.05) is 37.8 Å². The van der Waals surface area contributed by atoms with Crippen LogP contribution in [-0.2, 0) is 0 Å². The molecule has 84 valence electrons. The van der Waals surface area contributed by atoms with E-state index in [-0.39, 0.29) is 0 Å². The highest BCUT2D eigenvalue weighted by Crippen LogP contribution is 2.44. The van der Waals surface area contributed by atoms with Crippen LogP contribution in [-0.4, -0.2) is 0 Å². The van der Waals surface area contributed by atoms with E-state index >= 15 is 0 Å². The predicted molar refractivity (Wildman–Crippen MR) is 67.0 cm³/mol. The highest BCUT2D eigenvalue weighted by Gasteiger charge is 2.24. The fourth-order valence-corrected chi connectivity index (χ4v) is 3.24. The van der Waals surface area contributed by atoms with Crippen LogP contribution in [0.3, 0.4) is 0 Å². The molecule has 1 fully saturated rings. The van der Waals surface area contributed by atoms with Crippen molar-refractivity contribution < 1.29 is 0 Å².